The van der Waals surface area contributed by atoms with E-state index >= 15 is 0 Å². The Hall–Kier alpha value is -6.26. The minimum atomic E-state index is 0.130. The van der Waals surface area contributed by atoms with Crippen molar-refractivity contribution in [3.8, 4) is 28.2 Å². The smallest absolute Gasteiger partial charge is 0.145 e. The molecule has 4 heteroatoms. The number of fused-ring (bicyclic) bond motifs is 3. The number of aliphatic hydroxyl groups is 1. The first kappa shape index (κ1) is 30.4. The Morgan fingerprint density at radius 2 is 1.44 bits per heavy atom. The third-order valence-corrected chi connectivity index (χ3v) is 8.61. The molecule has 0 unspecified atom stereocenters. The summed E-state index contributed by atoms with van der Waals surface area (Å²) < 4.78 is 2.22. The molecule has 1 aromatic heterocycles. The second-order valence-electron chi connectivity index (χ2n) is 11.6. The van der Waals surface area contributed by atoms with Crippen LogP contribution in [-0.2, 0) is 0 Å². The van der Waals surface area contributed by atoms with E-state index in [-0.39, 0.29) is 5.76 Å². The largest absolute Gasteiger partial charge is 0.505 e. The van der Waals surface area contributed by atoms with E-state index in [1.165, 1.54) is 0 Å². The second kappa shape index (κ2) is 13.2. The molecule has 0 saturated carbocycles. The molecule has 232 valence electrons. The average molecular weight is 622 g/mol. The molecule has 0 aliphatic rings. The first-order valence-electron chi connectivity index (χ1n) is 16.0. The van der Waals surface area contributed by atoms with Gasteiger partial charge in [0.05, 0.1) is 16.7 Å². The molecule has 0 fully saturated rings. The quantitative estimate of drug-likeness (QED) is 0.0794. The lowest BCUT2D eigenvalue weighted by Crippen LogP contribution is -1.97. The fraction of sp³-hybridized carbons (Fsp3) is 0.0455. The zero-order valence-electron chi connectivity index (χ0n) is 27.0. The molecule has 1 N–H and O–H groups in total. The van der Waals surface area contributed by atoms with Crippen molar-refractivity contribution in [2.75, 3.05) is 0 Å². The topological polar surface area (TPSA) is 50.4 Å². The van der Waals surface area contributed by atoms with Gasteiger partial charge in [0.15, 0.2) is 0 Å². The van der Waals surface area contributed by atoms with Crippen LogP contribution < -0.4 is 0 Å². The van der Waals surface area contributed by atoms with Crippen LogP contribution in [0.15, 0.2) is 175 Å². The number of benzene rings is 6. The number of aliphatic hydroxyl groups excluding tert-OH is 1. The van der Waals surface area contributed by atoms with E-state index in [0.29, 0.717) is 11.3 Å². The number of aromatic nitrogens is 2. The third-order valence-electron chi connectivity index (χ3n) is 8.61. The first-order valence-corrected chi connectivity index (χ1v) is 16.0. The number of rotatable bonds is 8. The summed E-state index contributed by atoms with van der Waals surface area (Å²) >= 11 is 0. The van der Waals surface area contributed by atoms with Crippen LogP contribution in [0.5, 0.6) is 0 Å². The molecule has 0 radical (unpaired) electrons. The van der Waals surface area contributed by atoms with E-state index in [9.17, 15) is 5.11 Å². The van der Waals surface area contributed by atoms with Crippen LogP contribution in [0.25, 0.3) is 66.4 Å². The van der Waals surface area contributed by atoms with Crippen LogP contribution in [0.2, 0.25) is 0 Å². The third kappa shape index (κ3) is 5.65. The molecule has 0 bridgehead atoms. The minimum Gasteiger partial charge on any atom is -0.505 e. The van der Waals surface area contributed by atoms with Gasteiger partial charge in [-0.25, -0.2) is 4.98 Å². The summed E-state index contributed by atoms with van der Waals surface area (Å²) in [5.74, 6) is 1.04. The molecule has 7 aromatic rings. The maximum Gasteiger partial charge on any atom is 0.145 e. The van der Waals surface area contributed by atoms with Crippen LogP contribution >= 0.6 is 0 Å². The van der Waals surface area contributed by atoms with Gasteiger partial charge in [-0.3, -0.25) is 9.56 Å². The van der Waals surface area contributed by atoms with E-state index in [1.54, 1.807) is 12.3 Å². The lowest BCUT2D eigenvalue weighted by atomic mass is 9.89. The summed E-state index contributed by atoms with van der Waals surface area (Å²) in [4.78, 5) is 9.43. The van der Waals surface area contributed by atoms with Crippen molar-refractivity contribution >= 4 is 44.4 Å². The van der Waals surface area contributed by atoms with Crippen molar-refractivity contribution in [3.63, 3.8) is 0 Å². The number of imidazole rings is 1. The van der Waals surface area contributed by atoms with Crippen molar-refractivity contribution in [2.24, 2.45) is 4.99 Å². The van der Waals surface area contributed by atoms with E-state index in [1.807, 2.05) is 56.3 Å². The first-order chi connectivity index (χ1) is 23.6. The zero-order valence-corrected chi connectivity index (χ0v) is 27.0. The Bertz CT molecular complexity index is 2420. The van der Waals surface area contributed by atoms with Crippen molar-refractivity contribution in [3.05, 3.63) is 175 Å². The van der Waals surface area contributed by atoms with Crippen LogP contribution in [0, 0.1) is 0 Å². The van der Waals surface area contributed by atoms with Gasteiger partial charge < -0.3 is 5.11 Å². The SMILES string of the molecule is C=CC=N/C(C)=C(O)/C(=C\C=C\C)c1c2ccccc2cc2cc(-c3ccc(-c4nc5ccccc5n4-c4ccccc4)cc3)ccc12. The Kier molecular flexibility index (Phi) is 8.38. The van der Waals surface area contributed by atoms with Crippen LogP contribution in [0.1, 0.15) is 19.4 Å². The van der Waals surface area contributed by atoms with Gasteiger partial charge in [-0.05, 0) is 82.9 Å². The van der Waals surface area contributed by atoms with Gasteiger partial charge in [-0.1, -0.05) is 122 Å². The lowest BCUT2D eigenvalue weighted by Gasteiger charge is -2.16. The average Bonchev–Trinajstić information content (AvgIpc) is 3.53. The number of aliphatic imine (C=N–C) groups is 1. The molecule has 0 atom stereocenters. The number of hydrogen-bond donors (Lipinski definition) is 1. The standard InChI is InChI=1S/C44H35N3O/c1-4-6-17-39(43(48)30(3)45-27-5-2)42-37-18-11-10-14-34(37)29-35-28-33(25-26-38(35)42)31-21-23-32(24-22-31)44-46-40-19-12-13-20-41(40)47(44)36-15-8-7-9-16-36/h4-29,48H,2H2,1,3H3/b6-4+,39-17-,43-30-,45-27?. The van der Waals surface area contributed by atoms with Crippen LogP contribution in [0.3, 0.4) is 0 Å². The fourth-order valence-electron chi connectivity index (χ4n) is 6.31. The van der Waals surface area contributed by atoms with Gasteiger partial charge in [-0.2, -0.15) is 0 Å². The molecule has 0 amide bonds. The molecule has 4 nitrogen and oxygen atoms in total. The Morgan fingerprint density at radius 3 is 2.23 bits per heavy atom. The summed E-state index contributed by atoms with van der Waals surface area (Å²) in [6.07, 6.45) is 9.06. The van der Waals surface area contributed by atoms with E-state index < -0.39 is 0 Å². The Morgan fingerprint density at radius 1 is 0.750 bits per heavy atom. The molecule has 1 heterocycles. The van der Waals surface area contributed by atoms with Gasteiger partial charge in [0.25, 0.3) is 0 Å². The second-order valence-corrected chi connectivity index (χ2v) is 11.6. The molecule has 6 aromatic carbocycles. The summed E-state index contributed by atoms with van der Waals surface area (Å²) in [5.41, 5.74) is 8.58. The molecular weight excluding hydrogens is 587 g/mol. The number of para-hydroxylation sites is 3. The lowest BCUT2D eigenvalue weighted by molar-refractivity contribution is 0.430. The van der Waals surface area contributed by atoms with Gasteiger partial charge in [-0.15, -0.1) is 0 Å². The highest BCUT2D eigenvalue weighted by atomic mass is 16.3. The van der Waals surface area contributed by atoms with Crippen molar-refractivity contribution < 1.29 is 5.11 Å². The number of nitrogens with zero attached hydrogens (tertiary/aromatic N) is 3. The maximum absolute atomic E-state index is 11.5. The summed E-state index contributed by atoms with van der Waals surface area (Å²) in [6.45, 7) is 7.50. The maximum atomic E-state index is 11.5. The van der Waals surface area contributed by atoms with E-state index in [4.69, 9.17) is 4.98 Å². The molecule has 0 aliphatic carbocycles. The summed E-state index contributed by atoms with van der Waals surface area (Å²) in [6, 6.07) is 44.4. The summed E-state index contributed by atoms with van der Waals surface area (Å²) in [5, 5.41) is 15.8. The van der Waals surface area contributed by atoms with Crippen LogP contribution in [0.4, 0.5) is 0 Å². The van der Waals surface area contributed by atoms with E-state index in [2.05, 4.69) is 119 Å². The highest BCUT2D eigenvalue weighted by molar-refractivity contribution is 6.12. The minimum absolute atomic E-state index is 0.130. The summed E-state index contributed by atoms with van der Waals surface area (Å²) in [7, 11) is 0. The van der Waals surface area contributed by atoms with Gasteiger partial charge in [0.2, 0.25) is 0 Å². The Balaban J connectivity index is 1.35. The normalized spacial score (nSPS) is 12.8. The highest BCUT2D eigenvalue weighted by Gasteiger charge is 2.18. The number of allylic oxidation sites excluding steroid dienone is 6. The molecule has 0 saturated heterocycles. The van der Waals surface area contributed by atoms with Crippen molar-refractivity contribution in [1.29, 1.82) is 0 Å². The van der Waals surface area contributed by atoms with Crippen molar-refractivity contribution in [2.45, 2.75) is 13.8 Å². The van der Waals surface area contributed by atoms with Crippen molar-refractivity contribution in [1.82, 2.24) is 9.55 Å². The predicted octanol–water partition coefficient (Wildman–Crippen LogP) is 11.7. The van der Waals surface area contributed by atoms with E-state index in [0.717, 1.165) is 66.3 Å². The molecule has 48 heavy (non-hydrogen) atoms. The zero-order chi connectivity index (χ0) is 33.0. The molecular formula is C44H35N3O. The monoisotopic (exact) mass is 621 g/mol. The highest BCUT2D eigenvalue weighted by Crippen LogP contribution is 2.39. The predicted molar refractivity (Wildman–Crippen MR) is 204 cm³/mol. The van der Waals surface area contributed by atoms with Gasteiger partial charge >= 0.3 is 0 Å². The van der Waals surface area contributed by atoms with Crippen LogP contribution in [-0.4, -0.2) is 20.9 Å². The number of hydrogen-bond acceptors (Lipinski definition) is 3. The Labute approximate surface area is 280 Å². The molecule has 0 aliphatic heterocycles. The van der Waals surface area contributed by atoms with Gasteiger partial charge in [0, 0.05) is 28.6 Å². The molecule has 0 spiro atoms. The van der Waals surface area contributed by atoms with Gasteiger partial charge in [0.1, 0.15) is 11.6 Å². The fourth-order valence-corrected chi connectivity index (χ4v) is 6.31. The molecule has 7 rings (SSSR count).